The molecule has 0 radical (unpaired) electrons. The van der Waals surface area contributed by atoms with Crippen molar-refractivity contribution in [3.8, 4) is 5.75 Å². The van der Waals surface area contributed by atoms with E-state index in [2.05, 4.69) is 4.98 Å². The van der Waals surface area contributed by atoms with E-state index in [0.29, 0.717) is 5.75 Å². The Morgan fingerprint density at radius 2 is 1.95 bits per heavy atom. The highest BCUT2D eigenvalue weighted by Gasteiger charge is 2.06. The molecule has 3 nitrogen and oxygen atoms in total. The molecule has 2 aromatic carbocycles. The van der Waals surface area contributed by atoms with Crippen LogP contribution in [0.1, 0.15) is 5.69 Å². The Balaban J connectivity index is 1.93. The number of rotatable bonds is 3. The zero-order chi connectivity index (χ0) is 13.2. The SMILES string of the molecule is Cn1cncc1CSc1ccc(O)c2ccccc12. The van der Waals surface area contributed by atoms with Crippen LogP contribution in [-0.2, 0) is 12.8 Å². The Hall–Kier alpha value is -1.94. The highest BCUT2D eigenvalue weighted by atomic mass is 32.2. The number of hydrogen-bond donors (Lipinski definition) is 1. The van der Waals surface area contributed by atoms with Gasteiger partial charge in [0.25, 0.3) is 0 Å². The third kappa shape index (κ3) is 2.31. The number of thioether (sulfide) groups is 1. The van der Waals surface area contributed by atoms with E-state index in [1.165, 1.54) is 10.6 Å². The number of aromatic nitrogens is 2. The number of aromatic hydroxyl groups is 1. The number of phenolic OH excluding ortho intramolecular Hbond substituents is 1. The van der Waals surface area contributed by atoms with Gasteiger partial charge in [-0.2, -0.15) is 0 Å². The Bertz CT molecular complexity index is 721. The highest BCUT2D eigenvalue weighted by Crippen LogP contribution is 2.34. The van der Waals surface area contributed by atoms with Crippen molar-refractivity contribution in [1.82, 2.24) is 9.55 Å². The van der Waals surface area contributed by atoms with Gasteiger partial charge in [0.1, 0.15) is 5.75 Å². The van der Waals surface area contributed by atoms with Crippen LogP contribution in [0.2, 0.25) is 0 Å². The van der Waals surface area contributed by atoms with Crippen LogP contribution >= 0.6 is 11.8 Å². The lowest BCUT2D eigenvalue weighted by molar-refractivity contribution is 0.481. The van der Waals surface area contributed by atoms with Crippen molar-refractivity contribution in [2.75, 3.05) is 0 Å². The molecule has 0 amide bonds. The van der Waals surface area contributed by atoms with Gasteiger partial charge >= 0.3 is 0 Å². The number of nitrogens with zero attached hydrogens (tertiary/aromatic N) is 2. The highest BCUT2D eigenvalue weighted by molar-refractivity contribution is 7.98. The molecule has 0 atom stereocenters. The molecule has 1 N–H and O–H groups in total. The molecule has 19 heavy (non-hydrogen) atoms. The average molecular weight is 270 g/mol. The summed E-state index contributed by atoms with van der Waals surface area (Å²) < 4.78 is 2.02. The Kier molecular flexibility index (Phi) is 3.17. The van der Waals surface area contributed by atoms with Gasteiger partial charge < -0.3 is 9.67 Å². The van der Waals surface area contributed by atoms with E-state index in [9.17, 15) is 5.11 Å². The number of phenols is 1. The summed E-state index contributed by atoms with van der Waals surface area (Å²) in [6.45, 7) is 0. The van der Waals surface area contributed by atoms with E-state index in [4.69, 9.17) is 0 Å². The fourth-order valence-corrected chi connectivity index (χ4v) is 3.14. The molecule has 0 bridgehead atoms. The molecule has 0 spiro atoms. The van der Waals surface area contributed by atoms with Crippen LogP contribution in [0, 0.1) is 0 Å². The smallest absolute Gasteiger partial charge is 0.123 e. The van der Waals surface area contributed by atoms with Gasteiger partial charge in [0.05, 0.1) is 6.33 Å². The van der Waals surface area contributed by atoms with Crippen LogP contribution in [-0.4, -0.2) is 14.7 Å². The molecule has 4 heteroatoms. The summed E-state index contributed by atoms with van der Waals surface area (Å²) in [7, 11) is 2.00. The lowest BCUT2D eigenvalue weighted by atomic mass is 10.1. The third-order valence-corrected chi connectivity index (χ3v) is 4.26. The molecular weight excluding hydrogens is 256 g/mol. The summed E-state index contributed by atoms with van der Waals surface area (Å²) in [5.74, 6) is 1.20. The fraction of sp³-hybridized carbons (Fsp3) is 0.133. The quantitative estimate of drug-likeness (QED) is 0.739. The van der Waals surface area contributed by atoms with Crippen molar-refractivity contribution in [2.45, 2.75) is 10.6 Å². The molecule has 0 unspecified atom stereocenters. The van der Waals surface area contributed by atoms with Crippen LogP contribution in [0.3, 0.4) is 0 Å². The molecule has 0 saturated carbocycles. The van der Waals surface area contributed by atoms with E-state index in [1.807, 2.05) is 54.5 Å². The molecule has 0 aliphatic carbocycles. The second kappa shape index (κ2) is 4.97. The molecule has 96 valence electrons. The lowest BCUT2D eigenvalue weighted by Crippen LogP contribution is -1.92. The van der Waals surface area contributed by atoms with Gasteiger partial charge in [-0.15, -0.1) is 11.8 Å². The largest absolute Gasteiger partial charge is 0.507 e. The predicted molar refractivity (Wildman–Crippen MR) is 78.4 cm³/mol. The monoisotopic (exact) mass is 270 g/mol. The van der Waals surface area contributed by atoms with Gasteiger partial charge in [0.15, 0.2) is 0 Å². The van der Waals surface area contributed by atoms with E-state index in [1.54, 1.807) is 17.8 Å². The van der Waals surface area contributed by atoms with Gasteiger partial charge in [0, 0.05) is 35.0 Å². The second-order valence-corrected chi connectivity index (χ2v) is 5.43. The summed E-state index contributed by atoms with van der Waals surface area (Å²) in [6, 6.07) is 11.7. The van der Waals surface area contributed by atoms with E-state index in [-0.39, 0.29) is 0 Å². The van der Waals surface area contributed by atoms with E-state index < -0.39 is 0 Å². The molecular formula is C15H14N2OS. The molecule has 3 rings (SSSR count). The standard InChI is InChI=1S/C15H14N2OS/c1-17-10-16-8-11(17)9-19-15-7-6-14(18)12-4-2-3-5-13(12)15/h2-8,10,18H,9H2,1H3. The van der Waals surface area contributed by atoms with Gasteiger partial charge in [-0.25, -0.2) is 4.98 Å². The second-order valence-electron chi connectivity index (χ2n) is 4.41. The number of fused-ring (bicyclic) bond motifs is 1. The van der Waals surface area contributed by atoms with E-state index >= 15 is 0 Å². The van der Waals surface area contributed by atoms with Crippen molar-refractivity contribution < 1.29 is 5.11 Å². The Morgan fingerprint density at radius 3 is 2.68 bits per heavy atom. The maximum atomic E-state index is 9.87. The first-order valence-corrected chi connectivity index (χ1v) is 7.03. The minimum absolute atomic E-state index is 0.334. The number of hydrogen-bond acceptors (Lipinski definition) is 3. The molecule has 1 heterocycles. The number of imidazole rings is 1. The minimum atomic E-state index is 0.334. The summed E-state index contributed by atoms with van der Waals surface area (Å²) in [6.07, 6.45) is 3.69. The normalized spacial score (nSPS) is 11.0. The average Bonchev–Trinajstić information content (AvgIpc) is 2.84. The molecule has 0 saturated heterocycles. The summed E-state index contributed by atoms with van der Waals surface area (Å²) >= 11 is 1.76. The zero-order valence-corrected chi connectivity index (χ0v) is 11.4. The topological polar surface area (TPSA) is 38.0 Å². The first-order valence-electron chi connectivity index (χ1n) is 6.04. The fourth-order valence-electron chi connectivity index (χ4n) is 2.06. The molecule has 1 aromatic heterocycles. The first kappa shape index (κ1) is 12.1. The van der Waals surface area contributed by atoms with Gasteiger partial charge in [-0.1, -0.05) is 24.3 Å². The van der Waals surface area contributed by atoms with Crippen LogP contribution in [0.15, 0.2) is 53.8 Å². The summed E-state index contributed by atoms with van der Waals surface area (Å²) in [4.78, 5) is 5.30. The number of benzene rings is 2. The number of aryl methyl sites for hydroxylation is 1. The predicted octanol–water partition coefficient (Wildman–Crippen LogP) is 3.57. The Morgan fingerprint density at radius 1 is 1.16 bits per heavy atom. The van der Waals surface area contributed by atoms with Crippen molar-refractivity contribution >= 4 is 22.5 Å². The van der Waals surface area contributed by atoms with Gasteiger partial charge in [-0.05, 0) is 17.5 Å². The van der Waals surface area contributed by atoms with Crippen LogP contribution in [0.5, 0.6) is 5.75 Å². The van der Waals surface area contributed by atoms with Crippen molar-refractivity contribution in [2.24, 2.45) is 7.05 Å². The lowest BCUT2D eigenvalue weighted by Gasteiger charge is -2.08. The van der Waals surface area contributed by atoms with Gasteiger partial charge in [0.2, 0.25) is 0 Å². The van der Waals surface area contributed by atoms with Crippen molar-refractivity contribution in [3.05, 3.63) is 54.6 Å². The van der Waals surface area contributed by atoms with Crippen LogP contribution < -0.4 is 0 Å². The third-order valence-electron chi connectivity index (χ3n) is 3.15. The summed E-state index contributed by atoms with van der Waals surface area (Å²) in [5.41, 5.74) is 1.18. The summed E-state index contributed by atoms with van der Waals surface area (Å²) in [5, 5.41) is 11.9. The van der Waals surface area contributed by atoms with Crippen LogP contribution in [0.25, 0.3) is 10.8 Å². The molecule has 0 aliphatic rings. The maximum absolute atomic E-state index is 9.87. The maximum Gasteiger partial charge on any atom is 0.123 e. The van der Waals surface area contributed by atoms with E-state index in [0.717, 1.165) is 16.5 Å². The van der Waals surface area contributed by atoms with Crippen molar-refractivity contribution in [3.63, 3.8) is 0 Å². The van der Waals surface area contributed by atoms with Crippen molar-refractivity contribution in [1.29, 1.82) is 0 Å². The molecule has 0 aliphatic heterocycles. The minimum Gasteiger partial charge on any atom is -0.507 e. The molecule has 0 fully saturated rings. The van der Waals surface area contributed by atoms with Crippen LogP contribution in [0.4, 0.5) is 0 Å². The zero-order valence-electron chi connectivity index (χ0n) is 10.6. The van der Waals surface area contributed by atoms with Gasteiger partial charge in [-0.3, -0.25) is 0 Å². The molecule has 3 aromatic rings. The first-order chi connectivity index (χ1) is 9.25. The Labute approximate surface area is 115 Å².